The predicted molar refractivity (Wildman–Crippen MR) is 128 cm³/mol. The maximum absolute atomic E-state index is 14.0. The molecule has 0 bridgehead atoms. The number of rotatable bonds is 7. The SMILES string of the molecule is COc1ccccc1Sc1ccc(-c2ccnc(N3CCC(CCO)CC3)c2)cc1C(F)(F)F. The molecule has 0 amide bonds. The lowest BCUT2D eigenvalue weighted by atomic mass is 9.94. The first kappa shape index (κ1) is 24.4. The summed E-state index contributed by atoms with van der Waals surface area (Å²) in [6.45, 7) is 1.85. The minimum atomic E-state index is -4.50. The fraction of sp³-hybridized carbons (Fsp3) is 0.346. The number of halogens is 3. The fourth-order valence-electron chi connectivity index (χ4n) is 4.25. The zero-order valence-electron chi connectivity index (χ0n) is 18.9. The second kappa shape index (κ2) is 10.7. The lowest BCUT2D eigenvalue weighted by Gasteiger charge is -2.32. The Morgan fingerprint density at radius 3 is 2.47 bits per heavy atom. The Labute approximate surface area is 201 Å². The Morgan fingerprint density at radius 2 is 1.76 bits per heavy atom. The van der Waals surface area contributed by atoms with Crippen molar-refractivity contribution in [2.45, 2.75) is 35.2 Å². The van der Waals surface area contributed by atoms with Crippen molar-refractivity contribution in [2.24, 2.45) is 5.92 Å². The summed E-state index contributed by atoms with van der Waals surface area (Å²) in [4.78, 5) is 7.37. The molecule has 3 aromatic rings. The number of alkyl halides is 3. The highest BCUT2D eigenvalue weighted by Crippen LogP contribution is 2.43. The van der Waals surface area contributed by atoms with Crippen LogP contribution in [0.4, 0.5) is 19.0 Å². The maximum Gasteiger partial charge on any atom is 0.417 e. The Morgan fingerprint density at radius 1 is 1.03 bits per heavy atom. The van der Waals surface area contributed by atoms with E-state index in [-0.39, 0.29) is 11.5 Å². The lowest BCUT2D eigenvalue weighted by Crippen LogP contribution is -2.34. The normalized spacial score (nSPS) is 14.9. The van der Waals surface area contributed by atoms with Gasteiger partial charge in [0.1, 0.15) is 11.6 Å². The molecule has 2 aromatic carbocycles. The third kappa shape index (κ3) is 5.67. The highest BCUT2D eigenvalue weighted by Gasteiger charge is 2.34. The van der Waals surface area contributed by atoms with Gasteiger partial charge in [-0.2, -0.15) is 13.2 Å². The lowest BCUT2D eigenvalue weighted by molar-refractivity contribution is -0.139. The number of para-hydroxylation sites is 1. The first-order valence-corrected chi connectivity index (χ1v) is 12.0. The summed E-state index contributed by atoms with van der Waals surface area (Å²) in [5, 5.41) is 9.16. The van der Waals surface area contributed by atoms with E-state index in [9.17, 15) is 13.2 Å². The fourth-order valence-corrected chi connectivity index (χ4v) is 5.30. The molecule has 1 aliphatic heterocycles. The molecule has 0 aliphatic carbocycles. The smallest absolute Gasteiger partial charge is 0.417 e. The standard InChI is InChI=1S/C26H27F3N2O2S/c1-33-22-4-2-3-5-24(22)34-23-7-6-19(16-21(23)26(27,28)29)20-8-12-30-25(17-20)31-13-9-18(10-14-31)11-15-32/h2-8,12,16-18,32H,9-11,13-15H2,1H3. The average molecular weight is 489 g/mol. The minimum absolute atomic E-state index is 0.126. The number of pyridine rings is 1. The van der Waals surface area contributed by atoms with Gasteiger partial charge in [0.05, 0.1) is 17.6 Å². The summed E-state index contributed by atoms with van der Waals surface area (Å²) >= 11 is 1.04. The summed E-state index contributed by atoms with van der Waals surface area (Å²) in [6, 6.07) is 15.1. The molecule has 8 heteroatoms. The van der Waals surface area contributed by atoms with E-state index in [1.54, 1.807) is 42.6 Å². The number of aliphatic hydroxyl groups excluding tert-OH is 1. The zero-order valence-corrected chi connectivity index (χ0v) is 19.7. The van der Waals surface area contributed by atoms with Gasteiger partial charge in [0.2, 0.25) is 0 Å². The van der Waals surface area contributed by atoms with Crippen molar-refractivity contribution in [2.75, 3.05) is 31.7 Å². The molecular weight excluding hydrogens is 461 g/mol. The minimum Gasteiger partial charge on any atom is -0.496 e. The molecule has 1 N–H and O–H groups in total. The van der Waals surface area contributed by atoms with Gasteiger partial charge in [0.25, 0.3) is 0 Å². The van der Waals surface area contributed by atoms with Crippen molar-refractivity contribution >= 4 is 17.6 Å². The molecule has 0 saturated carbocycles. The number of nitrogens with zero attached hydrogens (tertiary/aromatic N) is 2. The van der Waals surface area contributed by atoms with E-state index in [0.29, 0.717) is 27.7 Å². The molecule has 0 spiro atoms. The molecular formula is C26H27F3N2O2S. The topological polar surface area (TPSA) is 45.6 Å². The second-order valence-electron chi connectivity index (χ2n) is 8.31. The van der Waals surface area contributed by atoms with Gasteiger partial charge in [-0.25, -0.2) is 4.98 Å². The van der Waals surface area contributed by atoms with Crippen molar-refractivity contribution in [1.29, 1.82) is 0 Å². The van der Waals surface area contributed by atoms with Crippen molar-refractivity contribution in [3.8, 4) is 16.9 Å². The monoisotopic (exact) mass is 488 g/mol. The number of hydrogen-bond acceptors (Lipinski definition) is 5. The van der Waals surface area contributed by atoms with Gasteiger partial charge in [-0.3, -0.25) is 0 Å². The third-order valence-corrected chi connectivity index (χ3v) is 7.26. The molecule has 1 aromatic heterocycles. The van der Waals surface area contributed by atoms with Gasteiger partial charge in [0, 0.05) is 30.8 Å². The van der Waals surface area contributed by atoms with E-state index in [2.05, 4.69) is 9.88 Å². The summed E-state index contributed by atoms with van der Waals surface area (Å²) < 4.78 is 47.3. The molecule has 1 saturated heterocycles. The van der Waals surface area contributed by atoms with E-state index < -0.39 is 11.7 Å². The van der Waals surface area contributed by atoms with Crippen LogP contribution in [0.15, 0.2) is 70.6 Å². The Balaban J connectivity index is 1.61. The van der Waals surface area contributed by atoms with E-state index in [0.717, 1.165) is 49.9 Å². The van der Waals surface area contributed by atoms with Crippen LogP contribution < -0.4 is 9.64 Å². The van der Waals surface area contributed by atoms with E-state index in [1.807, 2.05) is 6.07 Å². The van der Waals surface area contributed by atoms with Crippen molar-refractivity contribution < 1.29 is 23.0 Å². The largest absolute Gasteiger partial charge is 0.496 e. The summed E-state index contributed by atoms with van der Waals surface area (Å²) in [5.41, 5.74) is 0.515. The Bertz CT molecular complexity index is 1120. The van der Waals surface area contributed by atoms with Crippen LogP contribution in [0.3, 0.4) is 0 Å². The zero-order chi connectivity index (χ0) is 24.1. The molecule has 0 unspecified atom stereocenters. The molecule has 180 valence electrons. The summed E-state index contributed by atoms with van der Waals surface area (Å²) in [6.07, 6.45) is -0.0973. The van der Waals surface area contributed by atoms with Crippen molar-refractivity contribution in [1.82, 2.24) is 4.98 Å². The maximum atomic E-state index is 14.0. The average Bonchev–Trinajstić information content (AvgIpc) is 2.85. The number of ether oxygens (including phenoxy) is 1. The molecule has 4 rings (SSSR count). The highest BCUT2D eigenvalue weighted by molar-refractivity contribution is 7.99. The van der Waals surface area contributed by atoms with E-state index >= 15 is 0 Å². The van der Waals surface area contributed by atoms with Crippen molar-refractivity contribution in [3.05, 3.63) is 66.4 Å². The van der Waals surface area contributed by atoms with Gasteiger partial charge in [0.15, 0.2) is 0 Å². The van der Waals surface area contributed by atoms with Crippen LogP contribution in [0.2, 0.25) is 0 Å². The van der Waals surface area contributed by atoms with Gasteiger partial charge < -0.3 is 14.7 Å². The van der Waals surface area contributed by atoms with Gasteiger partial charge in [-0.05, 0) is 72.7 Å². The quantitative estimate of drug-likeness (QED) is 0.410. The Kier molecular flexibility index (Phi) is 7.68. The second-order valence-corrected chi connectivity index (χ2v) is 9.39. The third-order valence-electron chi connectivity index (χ3n) is 6.13. The van der Waals surface area contributed by atoms with E-state index in [4.69, 9.17) is 9.84 Å². The van der Waals surface area contributed by atoms with Gasteiger partial charge >= 0.3 is 6.18 Å². The number of aliphatic hydroxyl groups is 1. The van der Waals surface area contributed by atoms with Crippen LogP contribution in [0, 0.1) is 5.92 Å². The molecule has 2 heterocycles. The first-order chi connectivity index (χ1) is 16.4. The Hall–Kier alpha value is -2.71. The summed E-state index contributed by atoms with van der Waals surface area (Å²) in [7, 11) is 1.50. The molecule has 1 aliphatic rings. The van der Waals surface area contributed by atoms with Gasteiger partial charge in [-0.15, -0.1) is 0 Å². The van der Waals surface area contributed by atoms with Crippen LogP contribution >= 0.6 is 11.8 Å². The van der Waals surface area contributed by atoms with Gasteiger partial charge in [-0.1, -0.05) is 30.0 Å². The molecule has 1 fully saturated rings. The molecule has 0 atom stereocenters. The van der Waals surface area contributed by atoms with Crippen LogP contribution in [0.25, 0.3) is 11.1 Å². The van der Waals surface area contributed by atoms with Crippen LogP contribution in [0.5, 0.6) is 5.75 Å². The number of methoxy groups -OCH3 is 1. The van der Waals surface area contributed by atoms with E-state index in [1.165, 1.54) is 19.2 Å². The summed E-state index contributed by atoms with van der Waals surface area (Å²) in [5.74, 6) is 1.80. The number of piperidine rings is 1. The van der Waals surface area contributed by atoms with Crippen molar-refractivity contribution in [3.63, 3.8) is 0 Å². The number of hydrogen-bond donors (Lipinski definition) is 1. The molecule has 0 radical (unpaired) electrons. The highest BCUT2D eigenvalue weighted by atomic mass is 32.2. The number of benzene rings is 2. The van der Waals surface area contributed by atoms with Crippen LogP contribution in [-0.4, -0.2) is 36.9 Å². The van der Waals surface area contributed by atoms with Crippen LogP contribution in [0.1, 0.15) is 24.8 Å². The van der Waals surface area contributed by atoms with Crippen LogP contribution in [-0.2, 0) is 6.18 Å². The first-order valence-electron chi connectivity index (χ1n) is 11.2. The number of aromatic nitrogens is 1. The predicted octanol–water partition coefficient (Wildman–Crippen LogP) is 6.53. The molecule has 4 nitrogen and oxygen atoms in total. The molecule has 34 heavy (non-hydrogen) atoms. The number of anilines is 1.